The van der Waals surface area contributed by atoms with Crippen molar-refractivity contribution in [2.24, 2.45) is 5.73 Å². The number of rotatable bonds is 4. The first kappa shape index (κ1) is 13.4. The maximum Gasteiger partial charge on any atom is 0.205 e. The molecule has 2 heterocycles. The van der Waals surface area contributed by atoms with E-state index in [1.807, 2.05) is 0 Å². The van der Waals surface area contributed by atoms with Crippen molar-refractivity contribution in [2.45, 2.75) is 65.1 Å². The van der Waals surface area contributed by atoms with E-state index in [9.17, 15) is 0 Å². The minimum atomic E-state index is 0.358. The Morgan fingerprint density at radius 2 is 2.22 bits per heavy atom. The standard InChI is InChI=1S/C14H26N4/c1-4-7-17-10-13(5-2)16-14(17)18-8-6-12(15)9-11(18)3/h10-12H,4-9,15H2,1-3H3. The maximum absolute atomic E-state index is 6.04. The van der Waals surface area contributed by atoms with Crippen molar-refractivity contribution in [1.29, 1.82) is 0 Å². The molecular weight excluding hydrogens is 224 g/mol. The van der Waals surface area contributed by atoms with Crippen LogP contribution in [-0.4, -0.2) is 28.2 Å². The molecule has 1 aliphatic rings. The van der Waals surface area contributed by atoms with Crippen LogP contribution in [0.5, 0.6) is 0 Å². The normalized spacial score (nSPS) is 24.6. The molecule has 2 N–H and O–H groups in total. The van der Waals surface area contributed by atoms with Gasteiger partial charge in [-0.2, -0.15) is 0 Å². The second-order valence-corrected chi connectivity index (χ2v) is 5.41. The van der Waals surface area contributed by atoms with Gasteiger partial charge in [-0.1, -0.05) is 13.8 Å². The summed E-state index contributed by atoms with van der Waals surface area (Å²) in [6, 6.07) is 0.855. The molecule has 0 aromatic carbocycles. The topological polar surface area (TPSA) is 47.1 Å². The third kappa shape index (κ3) is 2.69. The monoisotopic (exact) mass is 250 g/mol. The van der Waals surface area contributed by atoms with Crippen LogP contribution in [0.1, 0.15) is 45.7 Å². The van der Waals surface area contributed by atoms with E-state index in [1.54, 1.807) is 0 Å². The van der Waals surface area contributed by atoms with Gasteiger partial charge in [0.1, 0.15) is 0 Å². The van der Waals surface area contributed by atoms with Gasteiger partial charge in [0.05, 0.1) is 5.69 Å². The first-order chi connectivity index (χ1) is 8.65. The summed E-state index contributed by atoms with van der Waals surface area (Å²) < 4.78 is 2.31. The minimum absolute atomic E-state index is 0.358. The van der Waals surface area contributed by atoms with Crippen LogP contribution in [0, 0.1) is 0 Å². The quantitative estimate of drug-likeness (QED) is 0.891. The number of nitrogens with two attached hydrogens (primary N) is 1. The summed E-state index contributed by atoms with van der Waals surface area (Å²) in [5.74, 6) is 1.15. The number of aryl methyl sites for hydroxylation is 2. The zero-order valence-corrected chi connectivity index (χ0v) is 11.9. The molecule has 0 spiro atoms. The lowest BCUT2D eigenvalue weighted by molar-refractivity contribution is 0.419. The molecule has 102 valence electrons. The van der Waals surface area contributed by atoms with Crippen molar-refractivity contribution in [1.82, 2.24) is 9.55 Å². The predicted molar refractivity (Wildman–Crippen MR) is 75.9 cm³/mol. The minimum Gasteiger partial charge on any atom is -0.339 e. The van der Waals surface area contributed by atoms with Crippen LogP contribution >= 0.6 is 0 Å². The van der Waals surface area contributed by atoms with Crippen molar-refractivity contribution < 1.29 is 0 Å². The molecule has 0 amide bonds. The Morgan fingerprint density at radius 1 is 1.44 bits per heavy atom. The molecule has 4 nitrogen and oxygen atoms in total. The maximum atomic E-state index is 6.04. The zero-order chi connectivity index (χ0) is 13.1. The van der Waals surface area contributed by atoms with E-state index in [2.05, 4.69) is 36.4 Å². The summed E-state index contributed by atoms with van der Waals surface area (Å²) in [6.45, 7) is 8.72. The molecule has 2 unspecified atom stereocenters. The molecule has 0 aliphatic carbocycles. The Balaban J connectivity index is 2.22. The molecule has 0 bridgehead atoms. The number of hydrogen-bond donors (Lipinski definition) is 1. The summed E-state index contributed by atoms with van der Waals surface area (Å²) in [7, 11) is 0. The van der Waals surface area contributed by atoms with E-state index in [-0.39, 0.29) is 0 Å². The van der Waals surface area contributed by atoms with Crippen molar-refractivity contribution in [3.63, 3.8) is 0 Å². The van der Waals surface area contributed by atoms with Gasteiger partial charge < -0.3 is 15.2 Å². The molecule has 0 saturated carbocycles. The van der Waals surface area contributed by atoms with Gasteiger partial charge >= 0.3 is 0 Å². The van der Waals surface area contributed by atoms with Crippen LogP contribution in [0.3, 0.4) is 0 Å². The fraction of sp³-hybridized carbons (Fsp3) is 0.786. The Hall–Kier alpha value is -1.03. The zero-order valence-electron chi connectivity index (χ0n) is 11.9. The smallest absolute Gasteiger partial charge is 0.205 e. The van der Waals surface area contributed by atoms with Gasteiger partial charge in [0.25, 0.3) is 0 Å². The average Bonchev–Trinajstić information content (AvgIpc) is 2.73. The Morgan fingerprint density at radius 3 is 2.83 bits per heavy atom. The van der Waals surface area contributed by atoms with Crippen molar-refractivity contribution in [2.75, 3.05) is 11.4 Å². The summed E-state index contributed by atoms with van der Waals surface area (Å²) in [6.07, 6.45) is 6.50. The largest absolute Gasteiger partial charge is 0.339 e. The van der Waals surface area contributed by atoms with Crippen LogP contribution in [-0.2, 0) is 13.0 Å². The Labute approximate surface area is 110 Å². The highest BCUT2D eigenvalue weighted by Gasteiger charge is 2.26. The number of aromatic nitrogens is 2. The molecule has 1 aromatic rings. The average molecular weight is 250 g/mol. The first-order valence-corrected chi connectivity index (χ1v) is 7.24. The number of anilines is 1. The van der Waals surface area contributed by atoms with Crippen LogP contribution in [0.25, 0.3) is 0 Å². The van der Waals surface area contributed by atoms with E-state index in [4.69, 9.17) is 10.7 Å². The van der Waals surface area contributed by atoms with E-state index in [0.717, 1.165) is 44.7 Å². The molecule has 2 atom stereocenters. The SMILES string of the molecule is CCCn1cc(CC)nc1N1CCC(N)CC1C. The molecular formula is C14H26N4. The highest BCUT2D eigenvalue weighted by molar-refractivity contribution is 5.36. The molecule has 0 radical (unpaired) electrons. The second-order valence-electron chi connectivity index (χ2n) is 5.41. The van der Waals surface area contributed by atoms with Gasteiger partial charge in [-0.3, -0.25) is 0 Å². The summed E-state index contributed by atoms with van der Waals surface area (Å²) in [4.78, 5) is 7.22. The number of imidazole rings is 1. The number of nitrogens with zero attached hydrogens (tertiary/aromatic N) is 3. The number of piperidine rings is 1. The molecule has 2 rings (SSSR count). The van der Waals surface area contributed by atoms with Crippen molar-refractivity contribution >= 4 is 5.95 Å². The van der Waals surface area contributed by atoms with E-state index in [0.29, 0.717) is 12.1 Å². The van der Waals surface area contributed by atoms with Crippen LogP contribution < -0.4 is 10.6 Å². The number of hydrogen-bond acceptors (Lipinski definition) is 3. The fourth-order valence-electron chi connectivity index (χ4n) is 2.77. The highest BCUT2D eigenvalue weighted by Crippen LogP contribution is 2.24. The third-order valence-electron chi connectivity index (χ3n) is 3.81. The van der Waals surface area contributed by atoms with E-state index < -0.39 is 0 Å². The Kier molecular flexibility index (Phi) is 4.27. The summed E-state index contributed by atoms with van der Waals surface area (Å²) in [5, 5.41) is 0. The molecule has 4 heteroatoms. The molecule has 1 saturated heterocycles. The lowest BCUT2D eigenvalue weighted by Gasteiger charge is -2.37. The molecule has 1 fully saturated rings. The second kappa shape index (κ2) is 5.74. The molecule has 18 heavy (non-hydrogen) atoms. The molecule has 1 aliphatic heterocycles. The van der Waals surface area contributed by atoms with Crippen LogP contribution in [0.15, 0.2) is 6.20 Å². The van der Waals surface area contributed by atoms with Crippen LogP contribution in [0.4, 0.5) is 5.95 Å². The summed E-state index contributed by atoms with van der Waals surface area (Å²) >= 11 is 0. The van der Waals surface area contributed by atoms with Gasteiger partial charge in [0, 0.05) is 31.4 Å². The lowest BCUT2D eigenvalue weighted by atomic mass is 10.00. The van der Waals surface area contributed by atoms with Crippen molar-refractivity contribution in [3.05, 3.63) is 11.9 Å². The van der Waals surface area contributed by atoms with E-state index >= 15 is 0 Å². The fourth-order valence-corrected chi connectivity index (χ4v) is 2.77. The Bertz CT molecular complexity index is 385. The summed E-state index contributed by atoms with van der Waals surface area (Å²) in [5.41, 5.74) is 7.23. The molecule has 1 aromatic heterocycles. The van der Waals surface area contributed by atoms with Crippen molar-refractivity contribution in [3.8, 4) is 0 Å². The first-order valence-electron chi connectivity index (χ1n) is 7.24. The van der Waals surface area contributed by atoms with Gasteiger partial charge in [-0.25, -0.2) is 4.98 Å². The highest BCUT2D eigenvalue weighted by atomic mass is 15.3. The van der Waals surface area contributed by atoms with Gasteiger partial charge in [0.15, 0.2) is 0 Å². The lowest BCUT2D eigenvalue weighted by Crippen LogP contribution is -2.46. The predicted octanol–water partition coefficient (Wildman–Crippen LogP) is 2.17. The van der Waals surface area contributed by atoms with Gasteiger partial charge in [0.2, 0.25) is 5.95 Å². The van der Waals surface area contributed by atoms with Gasteiger partial charge in [-0.15, -0.1) is 0 Å². The van der Waals surface area contributed by atoms with Gasteiger partial charge in [-0.05, 0) is 32.6 Å². The van der Waals surface area contributed by atoms with Crippen LogP contribution in [0.2, 0.25) is 0 Å². The third-order valence-corrected chi connectivity index (χ3v) is 3.81. The van der Waals surface area contributed by atoms with E-state index in [1.165, 1.54) is 5.69 Å².